The van der Waals surface area contributed by atoms with Gasteiger partial charge in [-0.3, -0.25) is 10.1 Å². The Balaban J connectivity index is 2.45. The Morgan fingerprint density at radius 3 is 2.79 bits per heavy atom. The number of nitrogens with zero attached hydrogens (tertiary/aromatic N) is 3. The Morgan fingerprint density at radius 2 is 2.16 bits per heavy atom. The Bertz CT molecular complexity index is 628. The number of ether oxygens (including phenoxy) is 1. The van der Waals surface area contributed by atoms with Crippen molar-refractivity contribution < 1.29 is 14.1 Å². The lowest BCUT2D eigenvalue weighted by Gasteiger charge is -2.07. The highest BCUT2D eigenvalue weighted by Gasteiger charge is 2.20. The first-order valence-corrected chi connectivity index (χ1v) is 5.19. The fourth-order valence-corrected chi connectivity index (χ4v) is 1.46. The molecule has 0 fully saturated rings. The van der Waals surface area contributed by atoms with Crippen LogP contribution in [0.15, 0.2) is 24.3 Å². The number of benzene rings is 1. The predicted octanol–water partition coefficient (Wildman–Crippen LogP) is 2.21. The van der Waals surface area contributed by atoms with Gasteiger partial charge in [-0.15, -0.1) is 0 Å². The van der Waals surface area contributed by atoms with E-state index in [0.29, 0.717) is 5.82 Å². The molecule has 0 atom stereocenters. The molecule has 2 N–H and O–H groups in total. The third-order valence-corrected chi connectivity index (χ3v) is 2.18. The number of halogens is 1. The molecule has 98 valence electrons. The summed E-state index contributed by atoms with van der Waals surface area (Å²) in [7, 11) is 0. The van der Waals surface area contributed by atoms with Gasteiger partial charge >= 0.3 is 5.69 Å². The molecule has 1 aromatic carbocycles. The van der Waals surface area contributed by atoms with Crippen molar-refractivity contribution in [3.8, 4) is 11.6 Å². The van der Waals surface area contributed by atoms with Crippen LogP contribution in [-0.2, 0) is 0 Å². The quantitative estimate of drug-likeness (QED) is 0.673. The van der Waals surface area contributed by atoms with Crippen LogP contribution >= 0.6 is 0 Å². The van der Waals surface area contributed by atoms with Crippen LogP contribution in [-0.4, -0.2) is 14.9 Å². The molecule has 1 heterocycles. The van der Waals surface area contributed by atoms with Gasteiger partial charge in [-0.25, -0.2) is 9.37 Å². The van der Waals surface area contributed by atoms with Crippen LogP contribution in [0.1, 0.15) is 5.82 Å². The number of hydrogen-bond donors (Lipinski definition) is 1. The van der Waals surface area contributed by atoms with Gasteiger partial charge in [0.25, 0.3) is 0 Å². The number of rotatable bonds is 3. The van der Waals surface area contributed by atoms with E-state index in [1.54, 1.807) is 6.92 Å². The largest absolute Gasteiger partial charge is 0.428 e. The number of hydrogen-bond acceptors (Lipinski definition) is 6. The zero-order chi connectivity index (χ0) is 14.0. The first kappa shape index (κ1) is 12.7. The summed E-state index contributed by atoms with van der Waals surface area (Å²) < 4.78 is 18.7. The summed E-state index contributed by atoms with van der Waals surface area (Å²) in [6.45, 7) is 1.57. The lowest BCUT2D eigenvalue weighted by atomic mass is 10.3. The minimum absolute atomic E-state index is 0.0572. The van der Waals surface area contributed by atoms with E-state index in [1.165, 1.54) is 12.1 Å². The molecule has 2 aromatic rings. The van der Waals surface area contributed by atoms with Crippen molar-refractivity contribution in [2.45, 2.75) is 6.92 Å². The number of anilines is 1. The second kappa shape index (κ2) is 4.84. The minimum Gasteiger partial charge on any atom is -0.428 e. The third kappa shape index (κ3) is 2.73. The maximum Gasteiger partial charge on any atom is 0.314 e. The van der Waals surface area contributed by atoms with Crippen molar-refractivity contribution in [2.75, 3.05) is 5.73 Å². The first-order chi connectivity index (χ1) is 8.97. The zero-order valence-electron chi connectivity index (χ0n) is 9.83. The molecule has 1 aromatic heterocycles. The fraction of sp³-hybridized carbons (Fsp3) is 0.0909. The van der Waals surface area contributed by atoms with Gasteiger partial charge in [-0.2, -0.15) is 4.98 Å². The van der Waals surface area contributed by atoms with Gasteiger partial charge in [0.05, 0.1) is 4.92 Å². The van der Waals surface area contributed by atoms with Crippen molar-refractivity contribution in [1.82, 2.24) is 9.97 Å². The summed E-state index contributed by atoms with van der Waals surface area (Å²) in [6.07, 6.45) is 0. The van der Waals surface area contributed by atoms with Gasteiger partial charge in [0.1, 0.15) is 11.6 Å². The average Bonchev–Trinajstić information content (AvgIpc) is 2.30. The molecule has 0 aliphatic carbocycles. The van der Waals surface area contributed by atoms with Crippen molar-refractivity contribution in [2.24, 2.45) is 0 Å². The molecule has 0 saturated carbocycles. The molecule has 0 spiro atoms. The highest BCUT2D eigenvalue weighted by molar-refractivity contribution is 5.49. The monoisotopic (exact) mass is 264 g/mol. The van der Waals surface area contributed by atoms with E-state index in [2.05, 4.69) is 9.97 Å². The van der Waals surface area contributed by atoms with E-state index >= 15 is 0 Å². The van der Waals surface area contributed by atoms with Crippen LogP contribution in [0, 0.1) is 22.9 Å². The van der Waals surface area contributed by atoms with Crippen LogP contribution in [0.25, 0.3) is 0 Å². The van der Waals surface area contributed by atoms with E-state index in [1.807, 2.05) is 0 Å². The number of nitro groups is 1. The van der Waals surface area contributed by atoms with Crippen molar-refractivity contribution >= 4 is 11.5 Å². The highest BCUT2D eigenvalue weighted by Crippen LogP contribution is 2.33. The summed E-state index contributed by atoms with van der Waals surface area (Å²) in [5.74, 6) is -0.984. The normalized spacial score (nSPS) is 10.2. The standard InChI is InChI=1S/C11H9FN4O3/c1-6-14-9(13)5-10(15-6)19-11-7(12)3-2-4-8(11)16(17)18/h2-5H,1H3,(H2,13,14,15). The second-order valence-electron chi connectivity index (χ2n) is 3.63. The van der Waals surface area contributed by atoms with Crippen LogP contribution < -0.4 is 10.5 Å². The number of nitrogen functional groups attached to an aromatic ring is 1. The number of nitro benzene ring substituents is 1. The van der Waals surface area contributed by atoms with Crippen LogP contribution in [0.3, 0.4) is 0 Å². The molecule has 19 heavy (non-hydrogen) atoms. The summed E-state index contributed by atoms with van der Waals surface area (Å²) >= 11 is 0. The van der Waals surface area contributed by atoms with Crippen molar-refractivity contribution in [3.63, 3.8) is 0 Å². The minimum atomic E-state index is -0.857. The smallest absolute Gasteiger partial charge is 0.314 e. The van der Waals surface area contributed by atoms with Gasteiger partial charge in [-0.1, -0.05) is 6.07 Å². The average molecular weight is 264 g/mol. The van der Waals surface area contributed by atoms with Gasteiger partial charge in [-0.05, 0) is 13.0 Å². The molecule has 0 bridgehead atoms. The van der Waals surface area contributed by atoms with E-state index in [-0.39, 0.29) is 11.7 Å². The Morgan fingerprint density at radius 1 is 1.42 bits per heavy atom. The SMILES string of the molecule is Cc1nc(N)cc(Oc2c(F)cccc2[N+](=O)[O-])n1. The Kier molecular flexibility index (Phi) is 3.23. The van der Waals surface area contributed by atoms with E-state index in [4.69, 9.17) is 10.5 Å². The number of nitrogens with two attached hydrogens (primary N) is 1. The topological polar surface area (TPSA) is 104 Å². The van der Waals surface area contributed by atoms with Crippen molar-refractivity contribution in [3.05, 3.63) is 46.0 Å². The number of para-hydroxylation sites is 1. The van der Waals surface area contributed by atoms with Gasteiger partial charge in [0.15, 0.2) is 5.82 Å². The predicted molar refractivity (Wildman–Crippen MR) is 64.3 cm³/mol. The van der Waals surface area contributed by atoms with E-state index < -0.39 is 22.2 Å². The van der Waals surface area contributed by atoms with Gasteiger partial charge in [0, 0.05) is 12.1 Å². The summed E-state index contributed by atoms with van der Waals surface area (Å²) in [5.41, 5.74) is 5.00. The molecule has 8 heteroatoms. The van der Waals surface area contributed by atoms with Gasteiger partial charge < -0.3 is 10.5 Å². The van der Waals surface area contributed by atoms with E-state index in [9.17, 15) is 14.5 Å². The second-order valence-corrected chi connectivity index (χ2v) is 3.63. The molecule has 0 aliphatic heterocycles. The molecule has 0 amide bonds. The Labute approximate surface area is 107 Å². The third-order valence-electron chi connectivity index (χ3n) is 2.18. The maximum atomic E-state index is 13.6. The molecule has 2 rings (SSSR count). The summed E-state index contributed by atoms with van der Waals surface area (Å²) in [4.78, 5) is 17.7. The molecule has 0 unspecified atom stereocenters. The number of aromatic nitrogens is 2. The zero-order valence-corrected chi connectivity index (χ0v) is 9.83. The molecule has 0 saturated heterocycles. The fourth-order valence-electron chi connectivity index (χ4n) is 1.46. The lowest BCUT2D eigenvalue weighted by molar-refractivity contribution is -0.385. The molecular formula is C11H9FN4O3. The summed E-state index contributed by atoms with van der Waals surface area (Å²) in [5, 5.41) is 10.8. The van der Waals surface area contributed by atoms with Crippen LogP contribution in [0.4, 0.5) is 15.9 Å². The molecule has 0 radical (unpaired) electrons. The first-order valence-electron chi connectivity index (χ1n) is 5.19. The highest BCUT2D eigenvalue weighted by atomic mass is 19.1. The van der Waals surface area contributed by atoms with Gasteiger partial charge in [0.2, 0.25) is 11.6 Å². The van der Waals surface area contributed by atoms with Crippen LogP contribution in [0.2, 0.25) is 0 Å². The Hall–Kier alpha value is -2.77. The van der Waals surface area contributed by atoms with E-state index in [0.717, 1.165) is 12.1 Å². The lowest BCUT2D eigenvalue weighted by Crippen LogP contribution is -2.00. The van der Waals surface area contributed by atoms with Crippen LogP contribution in [0.5, 0.6) is 11.6 Å². The molecule has 0 aliphatic rings. The molecule has 7 nitrogen and oxygen atoms in total. The molecular weight excluding hydrogens is 255 g/mol. The maximum absolute atomic E-state index is 13.6. The number of aryl methyl sites for hydroxylation is 1. The van der Waals surface area contributed by atoms with Crippen molar-refractivity contribution in [1.29, 1.82) is 0 Å². The summed E-state index contributed by atoms with van der Waals surface area (Å²) in [6, 6.07) is 4.67.